The molecule has 25 heavy (non-hydrogen) atoms. The number of nitrogens with one attached hydrogen (secondary N) is 2. The van der Waals surface area contributed by atoms with E-state index in [1.807, 2.05) is 30.3 Å². The molecule has 128 valence electrons. The maximum atomic E-state index is 12.6. The van der Waals surface area contributed by atoms with Gasteiger partial charge < -0.3 is 15.4 Å². The maximum Gasteiger partial charge on any atom is 0.338 e. The summed E-state index contributed by atoms with van der Waals surface area (Å²) in [6.07, 6.45) is 0. The van der Waals surface area contributed by atoms with Gasteiger partial charge in [-0.3, -0.25) is 0 Å². The van der Waals surface area contributed by atoms with Crippen LogP contribution in [-0.4, -0.2) is 18.0 Å². The first-order valence-corrected chi connectivity index (χ1v) is 8.21. The predicted molar refractivity (Wildman–Crippen MR) is 95.7 cm³/mol. The van der Waals surface area contributed by atoms with Crippen LogP contribution >= 0.6 is 11.6 Å². The molecule has 2 aromatic carbocycles. The highest BCUT2D eigenvalue weighted by atomic mass is 35.5. The Labute approximate surface area is 150 Å². The number of ether oxygens (including phenoxy) is 1. The van der Waals surface area contributed by atoms with Crippen LogP contribution in [0.25, 0.3) is 5.70 Å². The van der Waals surface area contributed by atoms with Gasteiger partial charge in [0.2, 0.25) is 0 Å². The zero-order valence-electron chi connectivity index (χ0n) is 13.6. The Kier molecular flexibility index (Phi) is 5.05. The first-order valence-electron chi connectivity index (χ1n) is 7.83. The minimum atomic E-state index is -0.478. The average molecular weight is 357 g/mol. The highest BCUT2D eigenvalue weighted by Gasteiger charge is 2.30. The highest BCUT2D eigenvalue weighted by Crippen LogP contribution is 2.24. The lowest BCUT2D eigenvalue weighted by Gasteiger charge is -2.26. The molecule has 0 aromatic heterocycles. The van der Waals surface area contributed by atoms with Crippen molar-refractivity contribution in [2.45, 2.75) is 19.6 Å². The SMILES string of the molecule is C[C@@H]1NC(=O)NC(c2ccc(Cl)cc2)=C1C(=O)OCc1ccccc1. The number of carbonyl (C=O) groups is 2. The van der Waals surface area contributed by atoms with E-state index in [9.17, 15) is 9.59 Å². The summed E-state index contributed by atoms with van der Waals surface area (Å²) in [5.41, 5.74) is 2.39. The minimum Gasteiger partial charge on any atom is -0.457 e. The van der Waals surface area contributed by atoms with E-state index in [-0.39, 0.29) is 12.6 Å². The molecule has 1 aliphatic heterocycles. The van der Waals surface area contributed by atoms with Gasteiger partial charge in [0.15, 0.2) is 0 Å². The van der Waals surface area contributed by atoms with Gasteiger partial charge in [0.1, 0.15) is 6.61 Å². The fraction of sp³-hybridized carbons (Fsp3) is 0.158. The molecule has 3 rings (SSSR count). The molecule has 0 unspecified atom stereocenters. The van der Waals surface area contributed by atoms with E-state index >= 15 is 0 Å². The van der Waals surface area contributed by atoms with Gasteiger partial charge in [-0.2, -0.15) is 0 Å². The number of amides is 2. The van der Waals surface area contributed by atoms with Gasteiger partial charge >= 0.3 is 12.0 Å². The van der Waals surface area contributed by atoms with Crippen molar-refractivity contribution < 1.29 is 14.3 Å². The van der Waals surface area contributed by atoms with Gasteiger partial charge in [-0.25, -0.2) is 9.59 Å². The zero-order valence-corrected chi connectivity index (χ0v) is 14.3. The molecule has 0 spiro atoms. The number of esters is 1. The second-order valence-corrected chi connectivity index (χ2v) is 6.11. The lowest BCUT2D eigenvalue weighted by Crippen LogP contribution is -2.48. The van der Waals surface area contributed by atoms with Gasteiger partial charge in [-0.05, 0) is 30.2 Å². The second-order valence-electron chi connectivity index (χ2n) is 5.68. The highest BCUT2D eigenvalue weighted by molar-refractivity contribution is 6.30. The van der Waals surface area contributed by atoms with E-state index in [0.717, 1.165) is 5.56 Å². The molecule has 2 aromatic rings. The normalized spacial score (nSPS) is 16.9. The zero-order chi connectivity index (χ0) is 17.8. The van der Waals surface area contributed by atoms with Crippen LogP contribution in [0, 0.1) is 0 Å². The van der Waals surface area contributed by atoms with Crippen molar-refractivity contribution in [1.29, 1.82) is 0 Å². The van der Waals surface area contributed by atoms with E-state index in [1.54, 1.807) is 31.2 Å². The van der Waals surface area contributed by atoms with Crippen molar-refractivity contribution in [2.75, 3.05) is 0 Å². The van der Waals surface area contributed by atoms with E-state index < -0.39 is 12.0 Å². The Bertz CT molecular complexity index is 816. The van der Waals surface area contributed by atoms with Crippen molar-refractivity contribution in [3.05, 3.63) is 76.3 Å². The molecule has 5 nitrogen and oxygen atoms in total. The molecule has 6 heteroatoms. The Morgan fingerprint density at radius 2 is 1.80 bits per heavy atom. The molecule has 0 fully saturated rings. The summed E-state index contributed by atoms with van der Waals surface area (Å²) in [7, 11) is 0. The summed E-state index contributed by atoms with van der Waals surface area (Å²) in [4.78, 5) is 24.5. The average Bonchev–Trinajstić information content (AvgIpc) is 2.60. The number of hydrogen-bond acceptors (Lipinski definition) is 3. The van der Waals surface area contributed by atoms with E-state index in [4.69, 9.17) is 16.3 Å². The Hall–Kier alpha value is -2.79. The third-order valence-corrected chi connectivity index (χ3v) is 4.11. The van der Waals surface area contributed by atoms with Crippen LogP contribution in [0.4, 0.5) is 4.79 Å². The topological polar surface area (TPSA) is 67.4 Å². The lowest BCUT2D eigenvalue weighted by molar-refractivity contribution is -0.140. The van der Waals surface area contributed by atoms with E-state index in [1.165, 1.54) is 0 Å². The summed E-state index contributed by atoms with van der Waals surface area (Å²) in [5, 5.41) is 5.96. The first-order chi connectivity index (χ1) is 12.0. The molecule has 0 aliphatic carbocycles. The van der Waals surface area contributed by atoms with Gasteiger partial charge in [0.25, 0.3) is 0 Å². The van der Waals surface area contributed by atoms with E-state index in [0.29, 0.717) is 21.9 Å². The van der Waals surface area contributed by atoms with Crippen molar-refractivity contribution in [1.82, 2.24) is 10.6 Å². The minimum absolute atomic E-state index is 0.164. The molecule has 1 atom stereocenters. The fourth-order valence-corrected chi connectivity index (χ4v) is 2.75. The number of hydrogen-bond donors (Lipinski definition) is 2. The molecule has 0 saturated carbocycles. The Balaban J connectivity index is 1.89. The number of carbonyl (C=O) groups excluding carboxylic acids is 2. The smallest absolute Gasteiger partial charge is 0.338 e. The third kappa shape index (κ3) is 4.00. The Morgan fingerprint density at radius 1 is 1.12 bits per heavy atom. The van der Waals surface area contributed by atoms with Crippen molar-refractivity contribution in [3.8, 4) is 0 Å². The van der Waals surface area contributed by atoms with Gasteiger partial charge in [-0.15, -0.1) is 0 Å². The van der Waals surface area contributed by atoms with Gasteiger partial charge in [-0.1, -0.05) is 54.1 Å². The second kappa shape index (κ2) is 7.40. The molecular weight excluding hydrogens is 340 g/mol. The molecule has 1 heterocycles. The van der Waals surface area contributed by atoms with E-state index in [2.05, 4.69) is 10.6 Å². The molecule has 0 bridgehead atoms. The first kappa shape index (κ1) is 17.0. The summed E-state index contributed by atoms with van der Waals surface area (Å²) in [5.74, 6) is -0.478. The molecule has 2 N–H and O–H groups in total. The summed E-state index contributed by atoms with van der Waals surface area (Å²) in [6.45, 7) is 1.91. The van der Waals surface area contributed by atoms with Gasteiger partial charge in [0.05, 0.1) is 17.3 Å². The molecule has 0 saturated heterocycles. The Morgan fingerprint density at radius 3 is 2.48 bits per heavy atom. The van der Waals surface area contributed by atoms with Crippen LogP contribution in [0.15, 0.2) is 60.2 Å². The van der Waals surface area contributed by atoms with Crippen LogP contribution in [-0.2, 0) is 16.1 Å². The summed E-state index contributed by atoms with van der Waals surface area (Å²) in [6, 6.07) is 15.5. The number of rotatable bonds is 4. The monoisotopic (exact) mass is 356 g/mol. The maximum absolute atomic E-state index is 12.6. The lowest BCUT2D eigenvalue weighted by atomic mass is 9.99. The van der Waals surface area contributed by atoms with Crippen LogP contribution in [0.1, 0.15) is 18.1 Å². The van der Waals surface area contributed by atoms with Crippen molar-refractivity contribution in [3.63, 3.8) is 0 Å². The largest absolute Gasteiger partial charge is 0.457 e. The summed E-state index contributed by atoms with van der Waals surface area (Å²) >= 11 is 5.92. The van der Waals surface area contributed by atoms with Gasteiger partial charge in [0, 0.05) is 5.02 Å². The fourth-order valence-electron chi connectivity index (χ4n) is 2.63. The molecule has 0 radical (unpaired) electrons. The number of benzene rings is 2. The quantitative estimate of drug-likeness (QED) is 0.824. The van der Waals surface area contributed by atoms with Crippen LogP contribution in [0.5, 0.6) is 0 Å². The molecule has 1 aliphatic rings. The van der Waals surface area contributed by atoms with Crippen LogP contribution < -0.4 is 10.6 Å². The van der Waals surface area contributed by atoms with Crippen LogP contribution in [0.2, 0.25) is 5.02 Å². The predicted octanol–water partition coefficient (Wildman–Crippen LogP) is 3.50. The van der Waals surface area contributed by atoms with Crippen molar-refractivity contribution in [2.24, 2.45) is 0 Å². The molecule has 2 amide bonds. The third-order valence-electron chi connectivity index (χ3n) is 3.85. The standard InChI is InChI=1S/C19H17ClN2O3/c1-12-16(18(23)25-11-13-5-3-2-4-6-13)17(22-19(24)21-12)14-7-9-15(20)10-8-14/h2-10,12H,11H2,1H3,(H2,21,22,24)/t12-/m0/s1. The van der Waals surface area contributed by atoms with Crippen LogP contribution in [0.3, 0.4) is 0 Å². The summed E-state index contributed by atoms with van der Waals surface area (Å²) < 4.78 is 5.43. The number of urea groups is 1. The van der Waals surface area contributed by atoms with Crippen molar-refractivity contribution >= 4 is 29.3 Å². The molecular formula is C19H17ClN2O3. The number of halogens is 1.